The van der Waals surface area contributed by atoms with Crippen LogP contribution in [0, 0.1) is 0 Å². The Labute approximate surface area is 119 Å². The molecule has 7 heteroatoms. The highest BCUT2D eigenvalue weighted by Gasteiger charge is 2.17. The van der Waals surface area contributed by atoms with Crippen LogP contribution >= 0.6 is 11.8 Å². The topological polar surface area (TPSA) is 71.1 Å². The summed E-state index contributed by atoms with van der Waals surface area (Å²) in [5, 5.41) is 3.03. The molecule has 0 bridgehead atoms. The summed E-state index contributed by atoms with van der Waals surface area (Å²) in [7, 11) is -3.48. The number of rotatable bonds is 9. The Hall–Kier alpha value is -0.790. The van der Waals surface area contributed by atoms with Crippen LogP contribution < -0.4 is 10.0 Å². The zero-order valence-electron chi connectivity index (χ0n) is 11.3. The fourth-order valence-corrected chi connectivity index (χ4v) is 3.28. The van der Waals surface area contributed by atoms with Gasteiger partial charge in [0.05, 0.1) is 5.69 Å². The molecule has 0 radical (unpaired) electrons. The average molecular weight is 303 g/mol. The van der Waals surface area contributed by atoms with Crippen molar-refractivity contribution in [1.29, 1.82) is 0 Å². The average Bonchev–Trinajstić information content (AvgIpc) is 2.39. The Kier molecular flexibility index (Phi) is 7.19. The number of sulfonamides is 1. The molecule has 0 aliphatic carbocycles. The van der Waals surface area contributed by atoms with Crippen molar-refractivity contribution >= 4 is 27.5 Å². The summed E-state index contributed by atoms with van der Waals surface area (Å²) in [5.74, 6) is 1.05. The van der Waals surface area contributed by atoms with Gasteiger partial charge in [-0.25, -0.2) is 13.1 Å². The van der Waals surface area contributed by atoms with Crippen molar-refractivity contribution in [2.75, 3.05) is 30.4 Å². The van der Waals surface area contributed by atoms with Gasteiger partial charge in [-0.1, -0.05) is 0 Å². The van der Waals surface area contributed by atoms with Gasteiger partial charge >= 0.3 is 0 Å². The number of hydrogen-bond acceptors (Lipinski definition) is 5. The first-order valence-corrected chi connectivity index (χ1v) is 9.16. The molecule has 0 saturated heterocycles. The number of thioether (sulfide) groups is 1. The molecule has 0 saturated carbocycles. The predicted molar refractivity (Wildman–Crippen MR) is 81.2 cm³/mol. The largest absolute Gasteiger partial charge is 0.384 e. The van der Waals surface area contributed by atoms with E-state index in [1.807, 2.05) is 13.2 Å². The van der Waals surface area contributed by atoms with Gasteiger partial charge in [-0.2, -0.15) is 11.8 Å². The molecule has 1 aromatic heterocycles. The smallest absolute Gasteiger partial charge is 0.244 e. The van der Waals surface area contributed by atoms with Gasteiger partial charge in [0.25, 0.3) is 0 Å². The highest BCUT2D eigenvalue weighted by Crippen LogP contribution is 2.18. The maximum atomic E-state index is 12.2. The Bertz CT molecular complexity index is 478. The summed E-state index contributed by atoms with van der Waals surface area (Å²) in [6.07, 6.45) is 6.86. The van der Waals surface area contributed by atoms with Gasteiger partial charge in [-0.15, -0.1) is 0 Å². The third-order valence-electron chi connectivity index (χ3n) is 2.51. The first kappa shape index (κ1) is 16.3. The Balaban J connectivity index is 2.66. The van der Waals surface area contributed by atoms with Crippen molar-refractivity contribution in [2.24, 2.45) is 0 Å². The molecule has 108 valence electrons. The number of nitrogens with one attached hydrogen (secondary N) is 2. The van der Waals surface area contributed by atoms with E-state index >= 15 is 0 Å². The predicted octanol–water partition coefficient (Wildman–Crippen LogP) is 1.93. The Morgan fingerprint density at radius 2 is 2.16 bits per heavy atom. The summed E-state index contributed by atoms with van der Waals surface area (Å²) in [5.41, 5.74) is 0.592. The van der Waals surface area contributed by atoms with Gasteiger partial charge in [-0.3, -0.25) is 4.98 Å². The highest BCUT2D eigenvalue weighted by atomic mass is 32.2. The van der Waals surface area contributed by atoms with Crippen molar-refractivity contribution in [1.82, 2.24) is 9.71 Å². The van der Waals surface area contributed by atoms with E-state index in [0.717, 1.165) is 18.6 Å². The van der Waals surface area contributed by atoms with Crippen LogP contribution in [0.5, 0.6) is 0 Å². The third kappa shape index (κ3) is 5.38. The summed E-state index contributed by atoms with van der Waals surface area (Å²) in [6, 6.07) is 1.67. The molecular formula is C12H21N3O2S2. The number of anilines is 1. The van der Waals surface area contributed by atoms with E-state index < -0.39 is 10.0 Å². The fourth-order valence-electron chi connectivity index (χ4n) is 1.59. The minimum Gasteiger partial charge on any atom is -0.384 e. The molecule has 0 aliphatic heterocycles. The van der Waals surface area contributed by atoms with Crippen molar-refractivity contribution in [2.45, 2.75) is 24.7 Å². The van der Waals surface area contributed by atoms with Crippen molar-refractivity contribution < 1.29 is 8.42 Å². The normalized spacial score (nSPS) is 11.5. The van der Waals surface area contributed by atoms with E-state index in [1.165, 1.54) is 6.20 Å². The standard InChI is InChI=1S/C12H21N3O2S2/c1-3-14-11-6-8-13-10-12(11)19(16,17)15-7-4-5-9-18-2/h6,8,10,15H,3-5,7,9H2,1-2H3,(H,13,14). The SMILES string of the molecule is CCNc1ccncc1S(=O)(=O)NCCCCSC. The molecule has 0 spiro atoms. The van der Waals surface area contributed by atoms with Crippen LogP contribution in [0.15, 0.2) is 23.4 Å². The van der Waals surface area contributed by atoms with Crippen LogP contribution in [-0.2, 0) is 10.0 Å². The summed E-state index contributed by atoms with van der Waals surface area (Å²) in [6.45, 7) is 3.05. The molecule has 2 N–H and O–H groups in total. The molecule has 0 amide bonds. The van der Waals surface area contributed by atoms with E-state index in [4.69, 9.17) is 0 Å². The van der Waals surface area contributed by atoms with Crippen LogP contribution in [0.25, 0.3) is 0 Å². The molecule has 0 atom stereocenters. The second kappa shape index (κ2) is 8.39. The maximum absolute atomic E-state index is 12.2. The van der Waals surface area contributed by atoms with Crippen molar-refractivity contribution in [3.63, 3.8) is 0 Å². The van der Waals surface area contributed by atoms with Gasteiger partial charge in [0.1, 0.15) is 4.90 Å². The molecule has 0 fully saturated rings. The van der Waals surface area contributed by atoms with E-state index in [0.29, 0.717) is 18.8 Å². The van der Waals surface area contributed by atoms with Crippen molar-refractivity contribution in [3.05, 3.63) is 18.5 Å². The number of aromatic nitrogens is 1. The van der Waals surface area contributed by atoms with Crippen LogP contribution in [-0.4, -0.2) is 38.5 Å². The molecule has 0 unspecified atom stereocenters. The lowest BCUT2D eigenvalue weighted by atomic mass is 10.3. The van der Waals surface area contributed by atoms with Gasteiger partial charge < -0.3 is 5.32 Å². The van der Waals surface area contributed by atoms with Gasteiger partial charge in [0.15, 0.2) is 0 Å². The molecular weight excluding hydrogens is 282 g/mol. The van der Waals surface area contributed by atoms with Crippen LogP contribution in [0.2, 0.25) is 0 Å². The van der Waals surface area contributed by atoms with Gasteiger partial charge in [-0.05, 0) is 37.8 Å². The lowest BCUT2D eigenvalue weighted by Gasteiger charge is -2.11. The maximum Gasteiger partial charge on any atom is 0.244 e. The minimum atomic E-state index is -3.48. The molecule has 0 aromatic carbocycles. The first-order valence-electron chi connectivity index (χ1n) is 6.28. The van der Waals surface area contributed by atoms with Gasteiger partial charge in [0, 0.05) is 25.5 Å². The molecule has 1 aromatic rings. The van der Waals surface area contributed by atoms with E-state index in [-0.39, 0.29) is 4.90 Å². The molecule has 5 nitrogen and oxygen atoms in total. The van der Waals surface area contributed by atoms with Crippen molar-refractivity contribution in [3.8, 4) is 0 Å². The molecule has 0 aliphatic rings. The highest BCUT2D eigenvalue weighted by molar-refractivity contribution is 7.98. The van der Waals surface area contributed by atoms with Crippen LogP contribution in [0.4, 0.5) is 5.69 Å². The third-order valence-corrected chi connectivity index (χ3v) is 4.69. The number of nitrogens with zero attached hydrogens (tertiary/aromatic N) is 1. The second-order valence-corrected chi connectivity index (χ2v) is 6.72. The zero-order valence-corrected chi connectivity index (χ0v) is 13.0. The van der Waals surface area contributed by atoms with Gasteiger partial charge in [0.2, 0.25) is 10.0 Å². The molecule has 19 heavy (non-hydrogen) atoms. The summed E-state index contributed by atoms with van der Waals surface area (Å²) in [4.78, 5) is 4.10. The molecule has 1 rings (SSSR count). The Morgan fingerprint density at radius 3 is 2.84 bits per heavy atom. The quantitative estimate of drug-likeness (QED) is 0.682. The number of pyridine rings is 1. The van der Waals surface area contributed by atoms with Crippen LogP contribution in [0.3, 0.4) is 0 Å². The summed E-state index contributed by atoms with van der Waals surface area (Å²) < 4.78 is 26.9. The van der Waals surface area contributed by atoms with E-state index in [1.54, 1.807) is 24.0 Å². The second-order valence-electron chi connectivity index (χ2n) is 4.00. The number of hydrogen-bond donors (Lipinski definition) is 2. The fraction of sp³-hybridized carbons (Fsp3) is 0.583. The minimum absolute atomic E-state index is 0.210. The summed E-state index contributed by atoms with van der Waals surface area (Å²) >= 11 is 1.77. The van der Waals surface area contributed by atoms with Crippen LogP contribution in [0.1, 0.15) is 19.8 Å². The Morgan fingerprint density at radius 1 is 1.37 bits per heavy atom. The number of unbranched alkanes of at least 4 members (excludes halogenated alkanes) is 1. The van der Waals surface area contributed by atoms with E-state index in [2.05, 4.69) is 15.0 Å². The van der Waals surface area contributed by atoms with E-state index in [9.17, 15) is 8.42 Å². The monoisotopic (exact) mass is 303 g/mol. The lowest BCUT2D eigenvalue weighted by Crippen LogP contribution is -2.26. The molecule has 1 heterocycles. The lowest BCUT2D eigenvalue weighted by molar-refractivity contribution is 0.578. The first-order chi connectivity index (χ1) is 9.11. The zero-order chi connectivity index (χ0) is 14.1.